The van der Waals surface area contributed by atoms with E-state index in [0.717, 1.165) is 5.69 Å². The van der Waals surface area contributed by atoms with Crippen LogP contribution in [0.4, 0.5) is 17.1 Å². The first-order chi connectivity index (χ1) is 24.8. The number of fused-ring (bicyclic) bond motifs is 7. The zero-order chi connectivity index (χ0) is 33.0. The van der Waals surface area contributed by atoms with Gasteiger partial charge >= 0.3 is 0 Å². The topological polar surface area (TPSA) is 3.24 Å². The van der Waals surface area contributed by atoms with Crippen LogP contribution in [-0.2, 0) is 0 Å². The molecule has 50 heavy (non-hydrogen) atoms. The van der Waals surface area contributed by atoms with E-state index in [1.165, 1.54) is 86.1 Å². The molecule has 0 aliphatic rings. The largest absolute Gasteiger partial charge is 0.308 e. The van der Waals surface area contributed by atoms with E-state index in [1.807, 2.05) is 11.3 Å². The molecular formula is C48H31NS. The van der Waals surface area contributed by atoms with Crippen molar-refractivity contribution < 1.29 is 0 Å². The van der Waals surface area contributed by atoms with Crippen molar-refractivity contribution in [1.29, 1.82) is 0 Å². The van der Waals surface area contributed by atoms with Crippen molar-refractivity contribution in [2.24, 2.45) is 0 Å². The maximum Gasteiger partial charge on any atom is 0.0640 e. The molecule has 0 aliphatic carbocycles. The maximum atomic E-state index is 2.49. The Morgan fingerprint density at radius 3 is 1.70 bits per heavy atom. The Morgan fingerprint density at radius 1 is 0.320 bits per heavy atom. The van der Waals surface area contributed by atoms with E-state index in [2.05, 4.69) is 193 Å². The highest BCUT2D eigenvalue weighted by molar-refractivity contribution is 7.27. The fourth-order valence-corrected chi connectivity index (χ4v) is 9.06. The quantitative estimate of drug-likeness (QED) is 0.167. The van der Waals surface area contributed by atoms with Gasteiger partial charge in [0.2, 0.25) is 0 Å². The summed E-state index contributed by atoms with van der Waals surface area (Å²) in [5.41, 5.74) is 8.46. The van der Waals surface area contributed by atoms with Crippen LogP contribution in [0.5, 0.6) is 0 Å². The zero-order valence-corrected chi connectivity index (χ0v) is 28.1. The molecule has 0 spiro atoms. The van der Waals surface area contributed by atoms with Crippen molar-refractivity contribution in [3.05, 3.63) is 188 Å². The molecule has 0 aliphatic heterocycles. The first-order valence-corrected chi connectivity index (χ1v) is 17.9. The molecule has 1 nitrogen and oxygen atoms in total. The van der Waals surface area contributed by atoms with E-state index in [0.29, 0.717) is 0 Å². The number of nitrogens with zero attached hydrogens (tertiary/aromatic N) is 1. The molecule has 0 atom stereocenters. The van der Waals surface area contributed by atoms with E-state index in [1.54, 1.807) is 0 Å². The van der Waals surface area contributed by atoms with Gasteiger partial charge in [0, 0.05) is 26.5 Å². The van der Waals surface area contributed by atoms with Crippen molar-refractivity contribution in [1.82, 2.24) is 0 Å². The summed E-state index contributed by atoms with van der Waals surface area (Å²) < 4.78 is 2.59. The number of hydrogen-bond acceptors (Lipinski definition) is 2. The summed E-state index contributed by atoms with van der Waals surface area (Å²) in [6.45, 7) is 0. The van der Waals surface area contributed by atoms with Crippen LogP contribution in [0.2, 0.25) is 0 Å². The normalized spacial score (nSPS) is 11.6. The minimum absolute atomic E-state index is 1.13. The van der Waals surface area contributed by atoms with Crippen molar-refractivity contribution in [3.63, 3.8) is 0 Å². The molecule has 1 heterocycles. The molecule has 234 valence electrons. The zero-order valence-electron chi connectivity index (χ0n) is 27.3. The number of benzene rings is 9. The molecule has 0 fully saturated rings. The van der Waals surface area contributed by atoms with E-state index in [4.69, 9.17) is 0 Å². The molecule has 0 bridgehead atoms. The second-order valence-electron chi connectivity index (χ2n) is 12.9. The third-order valence-corrected chi connectivity index (χ3v) is 11.3. The van der Waals surface area contributed by atoms with Crippen LogP contribution in [0.3, 0.4) is 0 Å². The van der Waals surface area contributed by atoms with Gasteiger partial charge in [0.05, 0.1) is 16.1 Å². The molecule has 0 N–H and O–H groups in total. The summed E-state index contributed by atoms with van der Waals surface area (Å²) in [7, 11) is 0. The Kier molecular flexibility index (Phi) is 6.75. The van der Waals surface area contributed by atoms with Crippen LogP contribution in [-0.4, -0.2) is 0 Å². The fourth-order valence-electron chi connectivity index (χ4n) is 7.72. The summed E-state index contributed by atoms with van der Waals surface area (Å²) >= 11 is 1.90. The van der Waals surface area contributed by atoms with Gasteiger partial charge in [-0.3, -0.25) is 0 Å². The highest BCUT2D eigenvalue weighted by Crippen LogP contribution is 2.49. The molecule has 0 saturated heterocycles. The summed E-state index contributed by atoms with van der Waals surface area (Å²) in [6, 6.07) is 68.6. The van der Waals surface area contributed by atoms with Crippen molar-refractivity contribution in [2.75, 3.05) is 4.90 Å². The first-order valence-electron chi connectivity index (χ1n) is 17.1. The van der Waals surface area contributed by atoms with Gasteiger partial charge in [0.25, 0.3) is 0 Å². The van der Waals surface area contributed by atoms with Gasteiger partial charge in [-0.05, 0) is 73.5 Å². The average Bonchev–Trinajstić information content (AvgIpc) is 3.58. The van der Waals surface area contributed by atoms with Crippen LogP contribution in [0, 0.1) is 0 Å². The minimum Gasteiger partial charge on any atom is -0.308 e. The molecule has 10 rings (SSSR count). The van der Waals surface area contributed by atoms with Crippen LogP contribution < -0.4 is 4.90 Å². The molecule has 0 saturated carbocycles. The lowest BCUT2D eigenvalue weighted by molar-refractivity contribution is 1.32. The van der Waals surface area contributed by atoms with Gasteiger partial charge < -0.3 is 4.90 Å². The van der Waals surface area contributed by atoms with Crippen molar-refractivity contribution in [3.8, 4) is 22.3 Å². The highest BCUT2D eigenvalue weighted by Gasteiger charge is 2.22. The standard InChI is InChI=1S/C48H31NS/c1-2-13-33(14-3-1)40-23-11-24-43-44-25-12-26-45(48(44)50-47(40)43)49(46-31-35-16-5-7-19-39(35)41-20-8-9-21-42(41)46)36-29-27-34(28-30-36)38-22-10-17-32-15-4-6-18-37(32)38/h1-31H. The molecule has 0 radical (unpaired) electrons. The summed E-state index contributed by atoms with van der Waals surface area (Å²) in [5, 5.41) is 10.1. The van der Waals surface area contributed by atoms with E-state index < -0.39 is 0 Å². The van der Waals surface area contributed by atoms with E-state index >= 15 is 0 Å². The average molecular weight is 654 g/mol. The Balaban J connectivity index is 1.24. The smallest absolute Gasteiger partial charge is 0.0640 e. The predicted molar refractivity (Wildman–Crippen MR) is 217 cm³/mol. The molecule has 2 heteroatoms. The lowest BCUT2D eigenvalue weighted by Crippen LogP contribution is -2.10. The molecule has 0 unspecified atom stereocenters. The second-order valence-corrected chi connectivity index (χ2v) is 13.9. The third kappa shape index (κ3) is 4.61. The van der Waals surface area contributed by atoms with Crippen LogP contribution in [0.25, 0.3) is 74.7 Å². The maximum absolute atomic E-state index is 2.49. The van der Waals surface area contributed by atoms with Gasteiger partial charge in [-0.2, -0.15) is 0 Å². The SMILES string of the molecule is c1ccc(-c2cccc3c2sc2c(N(c4ccc(-c5cccc6ccccc56)cc4)c4cc5ccccc5c5ccccc45)cccc23)cc1. The molecule has 10 aromatic rings. The Morgan fingerprint density at radius 2 is 0.880 bits per heavy atom. The highest BCUT2D eigenvalue weighted by atomic mass is 32.1. The van der Waals surface area contributed by atoms with Gasteiger partial charge in [-0.15, -0.1) is 11.3 Å². The van der Waals surface area contributed by atoms with Crippen molar-refractivity contribution >= 4 is 80.9 Å². The van der Waals surface area contributed by atoms with Crippen molar-refractivity contribution in [2.45, 2.75) is 0 Å². The second kappa shape index (κ2) is 11.7. The molecule has 9 aromatic carbocycles. The van der Waals surface area contributed by atoms with Gasteiger partial charge in [-0.25, -0.2) is 0 Å². The number of thiophene rings is 1. The van der Waals surface area contributed by atoms with Gasteiger partial charge in [-0.1, -0.05) is 164 Å². The lowest BCUT2D eigenvalue weighted by Gasteiger charge is -2.28. The van der Waals surface area contributed by atoms with Gasteiger partial charge in [0.1, 0.15) is 0 Å². The summed E-state index contributed by atoms with van der Waals surface area (Å²) in [4.78, 5) is 2.49. The Hall–Kier alpha value is -6.22. The Labute approximate surface area is 294 Å². The first kappa shape index (κ1) is 28.8. The van der Waals surface area contributed by atoms with Crippen LogP contribution in [0.1, 0.15) is 0 Å². The monoisotopic (exact) mass is 653 g/mol. The minimum atomic E-state index is 1.13. The molecule has 0 amide bonds. The number of anilines is 3. The van der Waals surface area contributed by atoms with Gasteiger partial charge in [0.15, 0.2) is 0 Å². The fraction of sp³-hybridized carbons (Fsp3) is 0. The lowest BCUT2D eigenvalue weighted by atomic mass is 9.97. The Bertz CT molecular complexity index is 2860. The van der Waals surface area contributed by atoms with Crippen LogP contribution >= 0.6 is 11.3 Å². The summed E-state index contributed by atoms with van der Waals surface area (Å²) in [5.74, 6) is 0. The van der Waals surface area contributed by atoms with Crippen LogP contribution in [0.15, 0.2) is 188 Å². The summed E-state index contributed by atoms with van der Waals surface area (Å²) in [6.07, 6.45) is 0. The number of hydrogen-bond donors (Lipinski definition) is 0. The van der Waals surface area contributed by atoms with E-state index in [-0.39, 0.29) is 0 Å². The number of rotatable bonds is 5. The van der Waals surface area contributed by atoms with E-state index in [9.17, 15) is 0 Å². The third-order valence-electron chi connectivity index (χ3n) is 10.0. The molecular weight excluding hydrogens is 623 g/mol. The predicted octanol–water partition coefficient (Wildman–Crippen LogP) is 14.3. The molecule has 1 aromatic heterocycles.